The fraction of sp³-hybridized carbons (Fsp3) is 0.643. The monoisotopic (exact) mass is 344 g/mol. The summed E-state index contributed by atoms with van der Waals surface area (Å²) in [5.41, 5.74) is -2.07. The first-order valence-electron chi connectivity index (χ1n) is 7.61. The van der Waals surface area contributed by atoms with Crippen molar-refractivity contribution in [2.24, 2.45) is 7.05 Å². The Kier molecular flexibility index (Phi) is 3.03. The van der Waals surface area contributed by atoms with E-state index in [-0.39, 0.29) is 18.0 Å². The van der Waals surface area contributed by atoms with Gasteiger partial charge in [-0.1, -0.05) is 0 Å². The molecule has 0 radical (unpaired) electrons. The second kappa shape index (κ2) is 4.71. The molecule has 0 saturated carbocycles. The number of nitrogens with zero attached hydrogens (tertiary/aromatic N) is 4. The molecule has 1 spiro atoms. The molecule has 10 heteroatoms. The molecule has 4 heterocycles. The number of alkyl halides is 3. The molecule has 3 aliphatic rings. The minimum Gasteiger partial charge on any atom is -0.351 e. The molecule has 2 amide bonds. The van der Waals surface area contributed by atoms with Crippen LogP contribution in [0.4, 0.5) is 13.2 Å². The lowest BCUT2D eigenvalue weighted by molar-refractivity contribution is -0.143. The lowest BCUT2D eigenvalue weighted by atomic mass is 10.1. The van der Waals surface area contributed by atoms with Gasteiger partial charge in [0.05, 0.1) is 19.1 Å². The maximum absolute atomic E-state index is 12.9. The normalized spacial score (nSPS) is 29.3. The van der Waals surface area contributed by atoms with Gasteiger partial charge in [0.15, 0.2) is 11.4 Å². The topological polar surface area (TPSA) is 67.7 Å². The summed E-state index contributed by atoms with van der Waals surface area (Å²) in [5.74, 6) is -0.694. The third-order valence-electron chi connectivity index (χ3n) is 5.05. The van der Waals surface area contributed by atoms with Crippen molar-refractivity contribution >= 4 is 11.8 Å². The van der Waals surface area contributed by atoms with Crippen LogP contribution in [0.1, 0.15) is 29.0 Å². The first kappa shape index (κ1) is 15.4. The predicted octanol–water partition coefficient (Wildman–Crippen LogP) is 0.612. The summed E-state index contributed by atoms with van der Waals surface area (Å²) in [7, 11) is 1.14. The summed E-state index contributed by atoms with van der Waals surface area (Å²) in [6, 6.07) is 0.272. The van der Waals surface area contributed by atoms with E-state index in [0.717, 1.165) is 13.1 Å². The predicted molar refractivity (Wildman–Crippen MR) is 72.7 cm³/mol. The molecule has 1 aromatic rings. The van der Waals surface area contributed by atoms with Crippen LogP contribution in [-0.4, -0.2) is 62.9 Å². The summed E-state index contributed by atoms with van der Waals surface area (Å²) in [5, 5.41) is 3.70. The Morgan fingerprint density at radius 3 is 2.83 bits per heavy atom. The molecule has 0 bridgehead atoms. The number of halogens is 3. The summed E-state index contributed by atoms with van der Waals surface area (Å²) in [6.45, 7) is 1.22. The average Bonchev–Trinajstić information content (AvgIpc) is 3.20. The van der Waals surface area contributed by atoms with Gasteiger partial charge < -0.3 is 14.5 Å². The maximum atomic E-state index is 12.9. The number of carbonyl (C=O) groups excluding carboxylic acids is 2. The summed E-state index contributed by atoms with van der Waals surface area (Å²) in [4.78, 5) is 27.8. The van der Waals surface area contributed by atoms with E-state index in [4.69, 9.17) is 4.74 Å². The van der Waals surface area contributed by atoms with Gasteiger partial charge in [0.25, 0.3) is 5.91 Å². The van der Waals surface area contributed by atoms with Crippen molar-refractivity contribution in [1.29, 1.82) is 0 Å². The fourth-order valence-corrected chi connectivity index (χ4v) is 4.02. The minimum atomic E-state index is -4.58. The first-order chi connectivity index (χ1) is 11.2. The Morgan fingerprint density at radius 1 is 1.42 bits per heavy atom. The van der Waals surface area contributed by atoms with E-state index >= 15 is 0 Å². The molecule has 1 aromatic heterocycles. The molecule has 0 unspecified atom stereocenters. The molecule has 7 nitrogen and oxygen atoms in total. The molecule has 0 aromatic carbocycles. The molecule has 0 aliphatic carbocycles. The van der Waals surface area contributed by atoms with Gasteiger partial charge in [0.1, 0.15) is 5.69 Å². The zero-order chi connectivity index (χ0) is 17.3. The van der Waals surface area contributed by atoms with Crippen molar-refractivity contribution in [3.05, 3.63) is 17.5 Å². The molecule has 3 fully saturated rings. The van der Waals surface area contributed by atoms with Crippen LogP contribution in [0.15, 0.2) is 6.07 Å². The summed E-state index contributed by atoms with van der Waals surface area (Å²) >= 11 is 0. The number of ether oxygens (including phenoxy) is 1. The highest BCUT2D eigenvalue weighted by molar-refractivity contribution is 5.94. The highest BCUT2D eigenvalue weighted by Crippen LogP contribution is 2.46. The van der Waals surface area contributed by atoms with Gasteiger partial charge in [-0.15, -0.1) is 0 Å². The van der Waals surface area contributed by atoms with Crippen LogP contribution in [0, 0.1) is 0 Å². The molecule has 130 valence electrons. The lowest BCUT2D eigenvalue weighted by Crippen LogP contribution is -2.48. The SMILES string of the molecule is Cn1nc(C(=O)N2CC[C@@]34OCCN3C(=O)C[C@@H]24)cc1C(F)(F)F. The van der Waals surface area contributed by atoms with Crippen molar-refractivity contribution in [2.75, 3.05) is 19.7 Å². The standard InChI is InChI=1S/C14H15F3N4O3/c1-19-10(14(15,16)17)6-8(18-19)12(23)20-3-2-13-9(20)7-11(22)21(13)4-5-24-13/h6,9H,2-5,7H2,1H3/t9-,13+/m1/s1. The molecule has 2 atom stereocenters. The van der Waals surface area contributed by atoms with Crippen LogP contribution in [0.5, 0.6) is 0 Å². The van der Waals surface area contributed by atoms with Crippen LogP contribution in [0.3, 0.4) is 0 Å². The van der Waals surface area contributed by atoms with Gasteiger partial charge in [-0.2, -0.15) is 18.3 Å². The Bertz CT molecular complexity index is 731. The zero-order valence-electron chi connectivity index (χ0n) is 12.8. The largest absolute Gasteiger partial charge is 0.433 e. The van der Waals surface area contributed by atoms with E-state index in [1.165, 1.54) is 4.90 Å². The third-order valence-corrected chi connectivity index (χ3v) is 5.05. The van der Waals surface area contributed by atoms with Crippen LogP contribution >= 0.6 is 0 Å². The van der Waals surface area contributed by atoms with E-state index in [2.05, 4.69) is 5.10 Å². The van der Waals surface area contributed by atoms with Crippen molar-refractivity contribution in [1.82, 2.24) is 19.6 Å². The Balaban J connectivity index is 1.64. The van der Waals surface area contributed by atoms with Crippen molar-refractivity contribution in [3.63, 3.8) is 0 Å². The van der Waals surface area contributed by atoms with Crippen LogP contribution < -0.4 is 0 Å². The number of rotatable bonds is 1. The highest BCUT2D eigenvalue weighted by atomic mass is 19.4. The number of aromatic nitrogens is 2. The Morgan fingerprint density at radius 2 is 2.17 bits per heavy atom. The second-order valence-corrected chi connectivity index (χ2v) is 6.24. The van der Waals surface area contributed by atoms with Crippen LogP contribution in [0.25, 0.3) is 0 Å². The van der Waals surface area contributed by atoms with E-state index in [1.54, 1.807) is 4.90 Å². The van der Waals surface area contributed by atoms with Gasteiger partial charge in [0, 0.05) is 32.6 Å². The molecular formula is C14H15F3N4O3. The van der Waals surface area contributed by atoms with Crippen LogP contribution in [0.2, 0.25) is 0 Å². The number of likely N-dealkylation sites (tertiary alicyclic amines) is 1. The molecule has 0 N–H and O–H groups in total. The molecule has 3 aliphatic heterocycles. The fourth-order valence-electron chi connectivity index (χ4n) is 4.02. The number of hydrogen-bond acceptors (Lipinski definition) is 4. The minimum absolute atomic E-state index is 0.0907. The van der Waals surface area contributed by atoms with Crippen molar-refractivity contribution in [2.45, 2.75) is 30.8 Å². The number of aryl methyl sites for hydroxylation is 1. The zero-order valence-corrected chi connectivity index (χ0v) is 12.8. The van der Waals surface area contributed by atoms with Gasteiger partial charge in [-0.25, -0.2) is 0 Å². The number of amides is 2. The third kappa shape index (κ3) is 1.92. The van der Waals surface area contributed by atoms with E-state index in [1.807, 2.05) is 0 Å². The number of carbonyl (C=O) groups is 2. The highest BCUT2D eigenvalue weighted by Gasteiger charge is 2.63. The lowest BCUT2D eigenvalue weighted by Gasteiger charge is -2.31. The van der Waals surface area contributed by atoms with Crippen LogP contribution in [-0.2, 0) is 22.8 Å². The summed E-state index contributed by atoms with van der Waals surface area (Å²) in [6.07, 6.45) is -3.99. The van der Waals surface area contributed by atoms with Crippen molar-refractivity contribution < 1.29 is 27.5 Å². The van der Waals surface area contributed by atoms with Gasteiger partial charge in [0.2, 0.25) is 5.91 Å². The molecular weight excluding hydrogens is 329 g/mol. The van der Waals surface area contributed by atoms with Gasteiger partial charge in [-0.3, -0.25) is 14.3 Å². The summed E-state index contributed by atoms with van der Waals surface area (Å²) < 4.78 is 45.1. The van der Waals surface area contributed by atoms with Gasteiger partial charge >= 0.3 is 6.18 Å². The van der Waals surface area contributed by atoms with Gasteiger partial charge in [-0.05, 0) is 0 Å². The maximum Gasteiger partial charge on any atom is 0.433 e. The van der Waals surface area contributed by atoms with E-state index in [9.17, 15) is 22.8 Å². The average molecular weight is 344 g/mol. The first-order valence-corrected chi connectivity index (χ1v) is 7.61. The van der Waals surface area contributed by atoms with E-state index in [0.29, 0.717) is 30.8 Å². The Hall–Kier alpha value is -2.10. The van der Waals surface area contributed by atoms with E-state index < -0.39 is 29.5 Å². The molecule has 4 rings (SSSR count). The smallest absolute Gasteiger partial charge is 0.351 e. The number of hydrogen-bond donors (Lipinski definition) is 0. The van der Waals surface area contributed by atoms with Crippen molar-refractivity contribution in [3.8, 4) is 0 Å². The quantitative estimate of drug-likeness (QED) is 0.749. The second-order valence-electron chi connectivity index (χ2n) is 6.24. The molecule has 3 saturated heterocycles. The molecule has 24 heavy (non-hydrogen) atoms. The Labute approximate surface area is 134 Å².